The SMILES string of the molecule is CNC(C(=O)OC)c1ccc(C(C)C)cc1OC. The summed E-state index contributed by atoms with van der Waals surface area (Å²) in [4.78, 5) is 11.7. The maximum absolute atomic E-state index is 11.7. The van der Waals surface area contributed by atoms with E-state index in [9.17, 15) is 4.79 Å². The molecule has 100 valence electrons. The van der Waals surface area contributed by atoms with E-state index in [-0.39, 0.29) is 5.97 Å². The monoisotopic (exact) mass is 251 g/mol. The van der Waals surface area contributed by atoms with E-state index >= 15 is 0 Å². The number of carbonyl (C=O) groups is 1. The van der Waals surface area contributed by atoms with E-state index in [2.05, 4.69) is 19.2 Å². The van der Waals surface area contributed by atoms with Gasteiger partial charge < -0.3 is 14.8 Å². The maximum atomic E-state index is 11.7. The van der Waals surface area contributed by atoms with Crippen LogP contribution in [0.2, 0.25) is 0 Å². The zero-order chi connectivity index (χ0) is 13.7. The molecule has 1 atom stereocenters. The normalized spacial score (nSPS) is 12.3. The molecule has 0 heterocycles. The van der Waals surface area contributed by atoms with Gasteiger partial charge in [-0.05, 0) is 24.6 Å². The minimum absolute atomic E-state index is 0.326. The number of hydrogen-bond acceptors (Lipinski definition) is 4. The molecule has 1 unspecified atom stereocenters. The van der Waals surface area contributed by atoms with Crippen molar-refractivity contribution in [2.24, 2.45) is 0 Å². The summed E-state index contributed by atoms with van der Waals surface area (Å²) in [5, 5.41) is 2.94. The van der Waals surface area contributed by atoms with Crippen LogP contribution in [-0.2, 0) is 9.53 Å². The molecule has 1 rings (SSSR count). The lowest BCUT2D eigenvalue weighted by molar-refractivity contribution is -0.143. The largest absolute Gasteiger partial charge is 0.496 e. The molecule has 1 N–H and O–H groups in total. The van der Waals surface area contributed by atoms with E-state index in [1.807, 2.05) is 18.2 Å². The van der Waals surface area contributed by atoms with Gasteiger partial charge in [0.05, 0.1) is 14.2 Å². The van der Waals surface area contributed by atoms with E-state index in [1.165, 1.54) is 12.7 Å². The highest BCUT2D eigenvalue weighted by molar-refractivity contribution is 5.78. The number of rotatable bonds is 5. The Morgan fingerprint density at radius 1 is 1.28 bits per heavy atom. The Labute approximate surface area is 108 Å². The predicted octanol–water partition coefficient (Wildman–Crippen LogP) is 2.25. The van der Waals surface area contributed by atoms with Crippen molar-refractivity contribution in [2.45, 2.75) is 25.8 Å². The third kappa shape index (κ3) is 3.01. The van der Waals surface area contributed by atoms with E-state index in [0.717, 1.165) is 5.56 Å². The summed E-state index contributed by atoms with van der Waals surface area (Å²) >= 11 is 0. The molecule has 0 radical (unpaired) electrons. The van der Waals surface area contributed by atoms with Gasteiger partial charge in [0.15, 0.2) is 0 Å². The van der Waals surface area contributed by atoms with Gasteiger partial charge in [0.2, 0.25) is 0 Å². The van der Waals surface area contributed by atoms with Crippen molar-refractivity contribution in [2.75, 3.05) is 21.3 Å². The molecular formula is C14H21NO3. The number of nitrogens with one attached hydrogen (secondary N) is 1. The van der Waals surface area contributed by atoms with Gasteiger partial charge in [0.25, 0.3) is 0 Å². The fourth-order valence-corrected chi connectivity index (χ4v) is 1.84. The fraction of sp³-hybridized carbons (Fsp3) is 0.500. The van der Waals surface area contributed by atoms with Crippen LogP contribution in [0, 0.1) is 0 Å². The van der Waals surface area contributed by atoms with Crippen LogP contribution >= 0.6 is 0 Å². The summed E-state index contributed by atoms with van der Waals surface area (Å²) in [5.41, 5.74) is 1.96. The van der Waals surface area contributed by atoms with Crippen LogP contribution in [0.5, 0.6) is 5.75 Å². The number of carbonyl (C=O) groups excluding carboxylic acids is 1. The molecular weight excluding hydrogens is 230 g/mol. The maximum Gasteiger partial charge on any atom is 0.327 e. The molecule has 0 saturated heterocycles. The molecule has 0 bridgehead atoms. The molecule has 0 saturated carbocycles. The Balaban J connectivity index is 3.18. The van der Waals surface area contributed by atoms with Crippen molar-refractivity contribution in [3.05, 3.63) is 29.3 Å². The molecule has 0 aromatic heterocycles. The summed E-state index contributed by atoms with van der Waals surface area (Å²) in [7, 11) is 4.70. The number of ether oxygens (including phenoxy) is 2. The minimum Gasteiger partial charge on any atom is -0.496 e. The van der Waals surface area contributed by atoms with Gasteiger partial charge >= 0.3 is 5.97 Å². The Morgan fingerprint density at radius 3 is 2.39 bits per heavy atom. The molecule has 0 aliphatic carbocycles. The van der Waals surface area contributed by atoms with Crippen LogP contribution in [0.1, 0.15) is 36.9 Å². The molecule has 18 heavy (non-hydrogen) atoms. The molecule has 1 aromatic carbocycles. The average Bonchev–Trinajstić information content (AvgIpc) is 2.39. The number of methoxy groups -OCH3 is 2. The number of likely N-dealkylation sites (N-methyl/N-ethyl adjacent to an activating group) is 1. The standard InChI is InChI=1S/C14H21NO3/c1-9(2)10-6-7-11(12(8-10)17-4)13(15-3)14(16)18-5/h6-9,13,15H,1-5H3. The van der Waals surface area contributed by atoms with Crippen LogP contribution in [0.3, 0.4) is 0 Å². The zero-order valence-corrected chi connectivity index (χ0v) is 11.6. The first-order valence-electron chi connectivity index (χ1n) is 5.98. The average molecular weight is 251 g/mol. The first-order chi connectivity index (χ1) is 8.54. The van der Waals surface area contributed by atoms with Crippen LogP contribution < -0.4 is 10.1 Å². The molecule has 4 heteroatoms. The van der Waals surface area contributed by atoms with E-state index in [1.54, 1.807) is 14.2 Å². The zero-order valence-electron chi connectivity index (χ0n) is 11.6. The molecule has 0 aliphatic rings. The van der Waals surface area contributed by atoms with Crippen LogP contribution in [0.15, 0.2) is 18.2 Å². The summed E-state index contributed by atoms with van der Waals surface area (Å²) in [6.07, 6.45) is 0. The molecule has 4 nitrogen and oxygen atoms in total. The number of hydrogen-bond donors (Lipinski definition) is 1. The van der Waals surface area contributed by atoms with Crippen molar-refractivity contribution in [1.29, 1.82) is 0 Å². The summed E-state index contributed by atoms with van der Waals surface area (Å²) in [6.45, 7) is 4.23. The van der Waals surface area contributed by atoms with E-state index < -0.39 is 6.04 Å². The second kappa shape index (κ2) is 6.40. The molecule has 0 spiro atoms. The minimum atomic E-state index is -0.508. The molecule has 0 fully saturated rings. The molecule has 0 aliphatic heterocycles. The Hall–Kier alpha value is -1.55. The lowest BCUT2D eigenvalue weighted by Crippen LogP contribution is -2.27. The van der Waals surface area contributed by atoms with Gasteiger partial charge in [-0.3, -0.25) is 0 Å². The van der Waals surface area contributed by atoms with Gasteiger partial charge in [-0.15, -0.1) is 0 Å². The van der Waals surface area contributed by atoms with Crippen LogP contribution in [0.4, 0.5) is 0 Å². The van der Waals surface area contributed by atoms with Gasteiger partial charge in [0.1, 0.15) is 11.8 Å². The third-order valence-corrected chi connectivity index (χ3v) is 2.96. The van der Waals surface area contributed by atoms with Crippen LogP contribution in [-0.4, -0.2) is 27.2 Å². The number of esters is 1. The van der Waals surface area contributed by atoms with Gasteiger partial charge in [0, 0.05) is 5.56 Å². The summed E-state index contributed by atoms with van der Waals surface area (Å²) < 4.78 is 10.1. The van der Waals surface area contributed by atoms with Crippen molar-refractivity contribution in [3.8, 4) is 5.75 Å². The lowest BCUT2D eigenvalue weighted by Gasteiger charge is -2.18. The van der Waals surface area contributed by atoms with Gasteiger partial charge in [-0.2, -0.15) is 0 Å². The Morgan fingerprint density at radius 2 is 1.94 bits per heavy atom. The molecule has 0 amide bonds. The topological polar surface area (TPSA) is 47.6 Å². The van der Waals surface area contributed by atoms with Crippen LogP contribution in [0.25, 0.3) is 0 Å². The molecule has 1 aromatic rings. The van der Waals surface area contributed by atoms with Gasteiger partial charge in [-0.25, -0.2) is 4.79 Å². The highest BCUT2D eigenvalue weighted by Gasteiger charge is 2.23. The second-order valence-corrected chi connectivity index (χ2v) is 4.40. The van der Waals surface area contributed by atoms with E-state index in [0.29, 0.717) is 11.7 Å². The highest BCUT2D eigenvalue weighted by Crippen LogP contribution is 2.29. The fourth-order valence-electron chi connectivity index (χ4n) is 1.84. The second-order valence-electron chi connectivity index (χ2n) is 4.40. The quantitative estimate of drug-likeness (QED) is 0.815. The van der Waals surface area contributed by atoms with Gasteiger partial charge in [-0.1, -0.05) is 26.0 Å². The van der Waals surface area contributed by atoms with Crippen molar-refractivity contribution in [3.63, 3.8) is 0 Å². The Kier molecular flexibility index (Phi) is 5.16. The summed E-state index contributed by atoms with van der Waals surface area (Å²) in [6, 6.07) is 5.38. The van der Waals surface area contributed by atoms with Crippen molar-refractivity contribution in [1.82, 2.24) is 5.32 Å². The lowest BCUT2D eigenvalue weighted by atomic mass is 9.98. The first-order valence-corrected chi connectivity index (χ1v) is 5.98. The van der Waals surface area contributed by atoms with E-state index in [4.69, 9.17) is 9.47 Å². The Bertz CT molecular complexity index is 416. The predicted molar refractivity (Wildman–Crippen MR) is 70.9 cm³/mol. The highest BCUT2D eigenvalue weighted by atomic mass is 16.5. The smallest absolute Gasteiger partial charge is 0.327 e. The third-order valence-electron chi connectivity index (χ3n) is 2.96. The van der Waals surface area contributed by atoms with Crippen molar-refractivity contribution >= 4 is 5.97 Å². The first kappa shape index (κ1) is 14.5. The van der Waals surface area contributed by atoms with Crippen molar-refractivity contribution < 1.29 is 14.3 Å². The summed E-state index contributed by atoms with van der Waals surface area (Å²) in [5.74, 6) is 0.790. The number of benzene rings is 1.